The van der Waals surface area contributed by atoms with Crippen molar-refractivity contribution in [3.63, 3.8) is 0 Å². The molecule has 0 spiro atoms. The molecule has 2 aromatic carbocycles. The molecule has 0 N–H and O–H groups in total. The lowest BCUT2D eigenvalue weighted by Crippen LogP contribution is -2.06. The van der Waals surface area contributed by atoms with Gasteiger partial charge in [0.2, 0.25) is 0 Å². The molecule has 3 aliphatic rings. The first-order chi connectivity index (χ1) is 11.4. The van der Waals surface area contributed by atoms with Crippen LogP contribution in [0.1, 0.15) is 53.9 Å². The second-order valence-electron chi connectivity index (χ2n) is 7.09. The van der Waals surface area contributed by atoms with Crippen molar-refractivity contribution in [2.75, 3.05) is 6.54 Å². The molecular formula is C21H21NO. The first-order valence-electron chi connectivity index (χ1n) is 8.74. The third-order valence-corrected chi connectivity index (χ3v) is 5.36. The van der Waals surface area contributed by atoms with Crippen LogP contribution in [-0.4, -0.2) is 12.4 Å². The molecule has 3 atom stereocenters. The molecule has 116 valence electrons. The average molecular weight is 303 g/mol. The Morgan fingerprint density at radius 1 is 0.783 bits per heavy atom. The van der Waals surface area contributed by atoms with Gasteiger partial charge in [-0.25, -0.2) is 0 Å². The van der Waals surface area contributed by atoms with E-state index >= 15 is 0 Å². The van der Waals surface area contributed by atoms with Crippen LogP contribution >= 0.6 is 0 Å². The standard InChI is InChI=1S/C21H21NO/c1-2-4-14(5-3-1)18-12-19(18)15-6-8-16(9-7-15)20-13-22-21(23-20)17-10-11-17/h1-9,17-20H,10-13H2. The summed E-state index contributed by atoms with van der Waals surface area (Å²) in [5.74, 6) is 3.02. The molecule has 3 unspecified atom stereocenters. The first kappa shape index (κ1) is 13.4. The Kier molecular flexibility index (Phi) is 3.04. The normalized spacial score (nSPS) is 29.0. The zero-order valence-electron chi connectivity index (χ0n) is 13.2. The number of hydrogen-bond acceptors (Lipinski definition) is 2. The fraction of sp³-hybridized carbons (Fsp3) is 0.381. The van der Waals surface area contributed by atoms with Gasteiger partial charge < -0.3 is 4.74 Å². The Balaban J connectivity index is 1.26. The van der Waals surface area contributed by atoms with Gasteiger partial charge in [0.15, 0.2) is 5.90 Å². The predicted molar refractivity (Wildman–Crippen MR) is 91.8 cm³/mol. The van der Waals surface area contributed by atoms with Crippen molar-refractivity contribution >= 4 is 5.90 Å². The van der Waals surface area contributed by atoms with Gasteiger partial charge in [0, 0.05) is 5.92 Å². The molecule has 1 aliphatic heterocycles. The molecule has 0 aromatic heterocycles. The van der Waals surface area contributed by atoms with Crippen LogP contribution in [0.15, 0.2) is 59.6 Å². The highest BCUT2D eigenvalue weighted by molar-refractivity contribution is 5.82. The number of ether oxygens (including phenoxy) is 1. The van der Waals surface area contributed by atoms with Gasteiger partial charge in [-0.05, 0) is 47.8 Å². The smallest absolute Gasteiger partial charge is 0.187 e. The number of nitrogens with zero attached hydrogens (tertiary/aromatic N) is 1. The summed E-state index contributed by atoms with van der Waals surface area (Å²) in [6, 6.07) is 19.9. The van der Waals surface area contributed by atoms with E-state index < -0.39 is 0 Å². The van der Waals surface area contributed by atoms with E-state index in [4.69, 9.17) is 4.74 Å². The second-order valence-corrected chi connectivity index (χ2v) is 7.09. The van der Waals surface area contributed by atoms with Gasteiger partial charge >= 0.3 is 0 Å². The van der Waals surface area contributed by atoms with Gasteiger partial charge in [-0.3, -0.25) is 4.99 Å². The highest BCUT2D eigenvalue weighted by Gasteiger charge is 2.39. The minimum atomic E-state index is 0.142. The number of rotatable bonds is 4. The van der Waals surface area contributed by atoms with Gasteiger partial charge in [-0.15, -0.1) is 0 Å². The maximum Gasteiger partial charge on any atom is 0.187 e. The van der Waals surface area contributed by atoms with Crippen LogP contribution < -0.4 is 0 Å². The van der Waals surface area contributed by atoms with E-state index in [9.17, 15) is 0 Å². The molecule has 2 heteroatoms. The molecular weight excluding hydrogens is 282 g/mol. The zero-order valence-corrected chi connectivity index (χ0v) is 13.2. The maximum atomic E-state index is 6.03. The highest BCUT2D eigenvalue weighted by atomic mass is 16.5. The van der Waals surface area contributed by atoms with Gasteiger partial charge in [0.05, 0.1) is 6.54 Å². The quantitative estimate of drug-likeness (QED) is 0.792. The molecule has 2 saturated carbocycles. The summed E-state index contributed by atoms with van der Waals surface area (Å²) in [7, 11) is 0. The Bertz CT molecular complexity index is 730. The topological polar surface area (TPSA) is 21.6 Å². The molecule has 1 heterocycles. The molecule has 2 fully saturated rings. The van der Waals surface area contributed by atoms with Crippen LogP contribution in [0.4, 0.5) is 0 Å². The third-order valence-electron chi connectivity index (χ3n) is 5.36. The van der Waals surface area contributed by atoms with E-state index in [2.05, 4.69) is 59.6 Å². The summed E-state index contributed by atoms with van der Waals surface area (Å²) in [5, 5.41) is 0. The Labute approximate surface area is 137 Å². The minimum absolute atomic E-state index is 0.142. The van der Waals surface area contributed by atoms with Crippen molar-refractivity contribution in [2.45, 2.75) is 37.2 Å². The molecule has 2 aliphatic carbocycles. The van der Waals surface area contributed by atoms with E-state index in [-0.39, 0.29) is 6.10 Å². The Hall–Kier alpha value is -2.09. The molecule has 2 aromatic rings. The zero-order chi connectivity index (χ0) is 15.2. The van der Waals surface area contributed by atoms with Crippen LogP contribution in [0.2, 0.25) is 0 Å². The van der Waals surface area contributed by atoms with E-state index in [1.807, 2.05) is 0 Å². The lowest BCUT2D eigenvalue weighted by Gasteiger charge is -2.12. The van der Waals surface area contributed by atoms with E-state index in [0.717, 1.165) is 12.4 Å². The molecule has 2 nitrogen and oxygen atoms in total. The van der Waals surface area contributed by atoms with Crippen molar-refractivity contribution in [1.29, 1.82) is 0 Å². The molecule has 5 rings (SSSR count). The second kappa shape index (κ2) is 5.23. The van der Waals surface area contributed by atoms with E-state index in [1.54, 1.807) is 0 Å². The maximum absolute atomic E-state index is 6.03. The van der Waals surface area contributed by atoms with Crippen LogP contribution in [0.5, 0.6) is 0 Å². The predicted octanol–water partition coefficient (Wildman–Crippen LogP) is 4.84. The molecule has 0 radical (unpaired) electrons. The fourth-order valence-corrected chi connectivity index (χ4v) is 3.71. The number of hydrogen-bond donors (Lipinski definition) is 0. The van der Waals surface area contributed by atoms with Crippen LogP contribution in [0.25, 0.3) is 0 Å². The SMILES string of the molecule is c1ccc(C2CC2c2ccc(C3CN=C(C4CC4)O3)cc2)cc1. The summed E-state index contributed by atoms with van der Waals surface area (Å²) >= 11 is 0. The largest absolute Gasteiger partial charge is 0.471 e. The fourth-order valence-electron chi connectivity index (χ4n) is 3.71. The van der Waals surface area contributed by atoms with Crippen molar-refractivity contribution in [3.8, 4) is 0 Å². The van der Waals surface area contributed by atoms with Crippen molar-refractivity contribution in [3.05, 3.63) is 71.3 Å². The minimum Gasteiger partial charge on any atom is -0.471 e. The van der Waals surface area contributed by atoms with Gasteiger partial charge in [-0.2, -0.15) is 0 Å². The molecule has 0 bridgehead atoms. The molecule has 23 heavy (non-hydrogen) atoms. The van der Waals surface area contributed by atoms with Gasteiger partial charge in [0.25, 0.3) is 0 Å². The number of aliphatic imine (C=N–C) groups is 1. The number of benzene rings is 2. The Morgan fingerprint density at radius 2 is 1.43 bits per heavy atom. The average Bonchev–Trinajstić information content (AvgIpc) is 3.54. The van der Waals surface area contributed by atoms with Gasteiger partial charge in [0.1, 0.15) is 6.10 Å². The summed E-state index contributed by atoms with van der Waals surface area (Å²) in [5.41, 5.74) is 4.21. The van der Waals surface area contributed by atoms with Crippen LogP contribution in [0.3, 0.4) is 0 Å². The lowest BCUT2D eigenvalue weighted by molar-refractivity contribution is 0.222. The van der Waals surface area contributed by atoms with E-state index in [0.29, 0.717) is 17.8 Å². The monoisotopic (exact) mass is 303 g/mol. The van der Waals surface area contributed by atoms with Crippen LogP contribution in [-0.2, 0) is 4.74 Å². The van der Waals surface area contributed by atoms with Crippen molar-refractivity contribution < 1.29 is 4.74 Å². The molecule has 0 amide bonds. The first-order valence-corrected chi connectivity index (χ1v) is 8.74. The van der Waals surface area contributed by atoms with E-state index in [1.165, 1.54) is 36.0 Å². The lowest BCUT2D eigenvalue weighted by atomic mass is 10.0. The van der Waals surface area contributed by atoms with Crippen LogP contribution in [0, 0.1) is 5.92 Å². The summed E-state index contributed by atoms with van der Waals surface area (Å²) in [6.07, 6.45) is 3.93. The third kappa shape index (κ3) is 2.56. The summed E-state index contributed by atoms with van der Waals surface area (Å²) < 4.78 is 6.03. The molecule has 0 saturated heterocycles. The van der Waals surface area contributed by atoms with Crippen molar-refractivity contribution in [2.24, 2.45) is 10.9 Å². The Morgan fingerprint density at radius 3 is 2.13 bits per heavy atom. The summed E-state index contributed by atoms with van der Waals surface area (Å²) in [4.78, 5) is 4.57. The van der Waals surface area contributed by atoms with Gasteiger partial charge in [-0.1, -0.05) is 54.6 Å². The summed E-state index contributed by atoms with van der Waals surface area (Å²) in [6.45, 7) is 0.793. The van der Waals surface area contributed by atoms with Crippen molar-refractivity contribution in [1.82, 2.24) is 0 Å². The highest BCUT2D eigenvalue weighted by Crippen LogP contribution is 2.54.